The molecule has 0 aliphatic heterocycles. The molecule has 0 aliphatic carbocycles. The number of nitrogens with zero attached hydrogens (tertiary/aromatic N) is 1. The highest BCUT2D eigenvalue weighted by molar-refractivity contribution is 9.10. The van der Waals surface area contributed by atoms with Crippen molar-refractivity contribution in [3.63, 3.8) is 0 Å². The van der Waals surface area contributed by atoms with Crippen molar-refractivity contribution in [1.82, 2.24) is 4.90 Å². The van der Waals surface area contributed by atoms with Gasteiger partial charge in [0.2, 0.25) is 0 Å². The highest BCUT2D eigenvalue weighted by atomic mass is 79.9. The molecular formula is C11H13BrClNO2. The Morgan fingerprint density at radius 2 is 2.25 bits per heavy atom. The Hall–Kier alpha value is -0.580. The van der Waals surface area contributed by atoms with Gasteiger partial charge in [-0.1, -0.05) is 27.5 Å². The van der Waals surface area contributed by atoms with Crippen LogP contribution in [0.25, 0.3) is 0 Å². The lowest BCUT2D eigenvalue weighted by molar-refractivity contribution is 0.0732. The van der Waals surface area contributed by atoms with Gasteiger partial charge in [0.05, 0.1) is 17.2 Å². The minimum absolute atomic E-state index is 0.0479. The van der Waals surface area contributed by atoms with E-state index in [0.717, 1.165) is 4.47 Å². The zero-order valence-corrected chi connectivity index (χ0v) is 11.3. The van der Waals surface area contributed by atoms with Crippen LogP contribution in [0.1, 0.15) is 17.3 Å². The molecule has 1 aromatic carbocycles. The monoisotopic (exact) mass is 305 g/mol. The second-order valence-corrected chi connectivity index (χ2v) is 4.56. The Balaban J connectivity index is 2.94. The van der Waals surface area contributed by atoms with Gasteiger partial charge in [-0.2, -0.15) is 0 Å². The standard InChI is InChI=1S/C11H13BrClNO2/c1-2-14(5-6-15)11(16)9-4-3-8(12)7-10(9)13/h3-4,7,15H,2,5-6H2,1H3. The van der Waals surface area contributed by atoms with Crippen molar-refractivity contribution < 1.29 is 9.90 Å². The molecule has 0 spiro atoms. The van der Waals surface area contributed by atoms with E-state index >= 15 is 0 Å². The van der Waals surface area contributed by atoms with Crippen molar-refractivity contribution in [2.75, 3.05) is 19.7 Å². The van der Waals surface area contributed by atoms with Gasteiger partial charge in [-0.3, -0.25) is 4.79 Å². The van der Waals surface area contributed by atoms with Crippen molar-refractivity contribution in [2.45, 2.75) is 6.92 Å². The Morgan fingerprint density at radius 3 is 2.75 bits per heavy atom. The average Bonchev–Trinajstić information content (AvgIpc) is 2.25. The molecule has 0 aliphatic rings. The quantitative estimate of drug-likeness (QED) is 0.929. The molecule has 1 aromatic rings. The van der Waals surface area contributed by atoms with E-state index in [2.05, 4.69) is 15.9 Å². The third-order valence-electron chi connectivity index (χ3n) is 2.20. The second-order valence-electron chi connectivity index (χ2n) is 3.23. The van der Waals surface area contributed by atoms with E-state index < -0.39 is 0 Å². The number of carbonyl (C=O) groups is 1. The van der Waals surface area contributed by atoms with E-state index in [4.69, 9.17) is 16.7 Å². The van der Waals surface area contributed by atoms with Gasteiger partial charge in [0.15, 0.2) is 0 Å². The zero-order chi connectivity index (χ0) is 12.1. The molecule has 1 N–H and O–H groups in total. The van der Waals surface area contributed by atoms with Crippen molar-refractivity contribution in [2.24, 2.45) is 0 Å². The van der Waals surface area contributed by atoms with Gasteiger partial charge in [-0.25, -0.2) is 0 Å². The number of aliphatic hydroxyl groups is 1. The highest BCUT2D eigenvalue weighted by Gasteiger charge is 2.16. The topological polar surface area (TPSA) is 40.5 Å². The van der Waals surface area contributed by atoms with E-state index in [1.165, 1.54) is 0 Å². The molecule has 0 fully saturated rings. The van der Waals surface area contributed by atoms with Crippen LogP contribution in [0.5, 0.6) is 0 Å². The highest BCUT2D eigenvalue weighted by Crippen LogP contribution is 2.22. The Morgan fingerprint density at radius 1 is 1.56 bits per heavy atom. The molecule has 0 radical (unpaired) electrons. The number of likely N-dealkylation sites (N-methyl/N-ethyl adjacent to an activating group) is 1. The molecule has 0 aromatic heterocycles. The summed E-state index contributed by atoms with van der Waals surface area (Å²) in [5.41, 5.74) is 0.458. The van der Waals surface area contributed by atoms with E-state index in [1.807, 2.05) is 6.92 Å². The van der Waals surface area contributed by atoms with Gasteiger partial charge in [-0.15, -0.1) is 0 Å². The van der Waals surface area contributed by atoms with E-state index in [0.29, 0.717) is 23.7 Å². The average molecular weight is 307 g/mol. The summed E-state index contributed by atoms with van der Waals surface area (Å²) < 4.78 is 0.833. The smallest absolute Gasteiger partial charge is 0.255 e. The van der Waals surface area contributed by atoms with Crippen LogP contribution in [0, 0.1) is 0 Å². The summed E-state index contributed by atoms with van der Waals surface area (Å²) in [6.45, 7) is 2.68. The van der Waals surface area contributed by atoms with Crippen LogP contribution in [-0.4, -0.2) is 35.6 Å². The minimum atomic E-state index is -0.158. The van der Waals surface area contributed by atoms with Crippen LogP contribution in [0.2, 0.25) is 5.02 Å². The largest absolute Gasteiger partial charge is 0.395 e. The molecule has 0 bridgehead atoms. The lowest BCUT2D eigenvalue weighted by Crippen LogP contribution is -2.33. The van der Waals surface area contributed by atoms with Crippen molar-refractivity contribution in [3.05, 3.63) is 33.3 Å². The molecule has 1 rings (SSSR count). The number of rotatable bonds is 4. The minimum Gasteiger partial charge on any atom is -0.395 e. The number of benzene rings is 1. The van der Waals surface area contributed by atoms with Crippen LogP contribution in [0.15, 0.2) is 22.7 Å². The maximum absolute atomic E-state index is 12.0. The van der Waals surface area contributed by atoms with E-state index in [1.54, 1.807) is 23.1 Å². The molecule has 5 heteroatoms. The van der Waals surface area contributed by atoms with Crippen LogP contribution >= 0.6 is 27.5 Å². The van der Waals surface area contributed by atoms with Crippen LogP contribution in [-0.2, 0) is 0 Å². The van der Waals surface area contributed by atoms with Crippen LogP contribution < -0.4 is 0 Å². The fraction of sp³-hybridized carbons (Fsp3) is 0.364. The first kappa shape index (κ1) is 13.5. The predicted molar refractivity (Wildman–Crippen MR) is 67.8 cm³/mol. The first-order chi connectivity index (χ1) is 7.60. The van der Waals surface area contributed by atoms with Gasteiger partial charge < -0.3 is 10.0 Å². The van der Waals surface area contributed by atoms with Gasteiger partial charge >= 0.3 is 0 Å². The van der Waals surface area contributed by atoms with E-state index in [-0.39, 0.29) is 12.5 Å². The molecule has 16 heavy (non-hydrogen) atoms. The number of carbonyl (C=O) groups excluding carboxylic acids is 1. The van der Waals surface area contributed by atoms with Gasteiger partial charge in [0.25, 0.3) is 5.91 Å². The molecule has 88 valence electrons. The van der Waals surface area contributed by atoms with E-state index in [9.17, 15) is 4.79 Å². The Kier molecular flexibility index (Phi) is 5.25. The van der Waals surface area contributed by atoms with Crippen molar-refractivity contribution >= 4 is 33.4 Å². The summed E-state index contributed by atoms with van der Waals surface area (Å²) in [5.74, 6) is -0.158. The molecule has 0 heterocycles. The van der Waals surface area contributed by atoms with Crippen molar-refractivity contribution in [3.8, 4) is 0 Å². The third-order valence-corrected chi connectivity index (χ3v) is 3.01. The van der Waals surface area contributed by atoms with Crippen molar-refractivity contribution in [1.29, 1.82) is 0 Å². The normalized spacial score (nSPS) is 10.2. The molecule has 0 atom stereocenters. The molecule has 3 nitrogen and oxygen atoms in total. The molecule has 1 amide bonds. The first-order valence-corrected chi connectivity index (χ1v) is 6.12. The summed E-state index contributed by atoms with van der Waals surface area (Å²) in [6.07, 6.45) is 0. The van der Waals surface area contributed by atoms with Crippen LogP contribution in [0.3, 0.4) is 0 Å². The number of aliphatic hydroxyl groups excluding tert-OH is 1. The molecule has 0 saturated carbocycles. The number of halogens is 2. The number of hydrogen-bond donors (Lipinski definition) is 1. The fourth-order valence-corrected chi connectivity index (χ4v) is 2.11. The lowest BCUT2D eigenvalue weighted by Gasteiger charge is -2.20. The maximum atomic E-state index is 12.0. The molecular weight excluding hydrogens is 293 g/mol. The zero-order valence-electron chi connectivity index (χ0n) is 8.91. The SMILES string of the molecule is CCN(CCO)C(=O)c1ccc(Br)cc1Cl. The second kappa shape index (κ2) is 6.23. The molecule has 0 unspecified atom stereocenters. The van der Waals surface area contributed by atoms with Gasteiger partial charge in [0, 0.05) is 17.6 Å². The summed E-state index contributed by atoms with van der Waals surface area (Å²) in [5, 5.41) is 9.26. The summed E-state index contributed by atoms with van der Waals surface area (Å²) in [4.78, 5) is 13.6. The number of amides is 1. The number of hydrogen-bond acceptors (Lipinski definition) is 2. The lowest BCUT2D eigenvalue weighted by atomic mass is 10.2. The Labute approximate surface area is 108 Å². The van der Waals surface area contributed by atoms with Gasteiger partial charge in [-0.05, 0) is 25.1 Å². The predicted octanol–water partition coefficient (Wildman–Crippen LogP) is 2.56. The van der Waals surface area contributed by atoms with Gasteiger partial charge in [0.1, 0.15) is 0 Å². The third kappa shape index (κ3) is 3.20. The maximum Gasteiger partial charge on any atom is 0.255 e. The summed E-state index contributed by atoms with van der Waals surface area (Å²) in [7, 11) is 0. The summed E-state index contributed by atoms with van der Waals surface area (Å²) >= 11 is 9.27. The Bertz CT molecular complexity index is 384. The summed E-state index contributed by atoms with van der Waals surface area (Å²) in [6, 6.07) is 5.13. The first-order valence-electron chi connectivity index (χ1n) is 4.95. The molecule has 0 saturated heterocycles. The van der Waals surface area contributed by atoms with Crippen LogP contribution in [0.4, 0.5) is 0 Å². The fourth-order valence-electron chi connectivity index (χ4n) is 1.36.